The van der Waals surface area contributed by atoms with Gasteiger partial charge in [0.05, 0.1) is 6.04 Å². The molecule has 0 saturated heterocycles. The van der Waals surface area contributed by atoms with Gasteiger partial charge in [-0.15, -0.1) is 0 Å². The van der Waals surface area contributed by atoms with Gasteiger partial charge in [-0.3, -0.25) is 14.4 Å². The quantitative estimate of drug-likeness (QED) is 0.404. The fraction of sp³-hybridized carbons (Fsp3) is 0.667. The van der Waals surface area contributed by atoms with Crippen LogP contribution in [0.1, 0.15) is 32.6 Å². The number of hydrogen-bond donors (Lipinski definition) is 4. The molecule has 0 bridgehead atoms. The lowest BCUT2D eigenvalue weighted by atomic mass is 10.1. The summed E-state index contributed by atoms with van der Waals surface area (Å²) >= 11 is 3.98. The van der Waals surface area contributed by atoms with Crippen molar-refractivity contribution in [2.45, 2.75) is 44.7 Å². The highest BCUT2D eigenvalue weighted by Gasteiger charge is 2.20. The molecule has 0 aliphatic rings. The topological polar surface area (TPSA) is 127 Å². The Morgan fingerprint density at radius 1 is 1.20 bits per heavy atom. The zero-order chi connectivity index (χ0) is 15.7. The van der Waals surface area contributed by atoms with E-state index in [1.54, 1.807) is 0 Å². The van der Waals surface area contributed by atoms with E-state index in [0.717, 1.165) is 0 Å². The van der Waals surface area contributed by atoms with Crippen molar-refractivity contribution in [3.63, 3.8) is 0 Å². The van der Waals surface area contributed by atoms with Crippen molar-refractivity contribution in [1.29, 1.82) is 0 Å². The number of carbonyl (C=O) groups excluding carboxylic acids is 3. The predicted molar refractivity (Wildman–Crippen MR) is 75.6 cm³/mol. The number of nitrogens with one attached hydrogen (secondary N) is 1. The Kier molecular flexibility index (Phi) is 8.82. The van der Waals surface area contributed by atoms with Gasteiger partial charge in [-0.05, 0) is 13.3 Å². The van der Waals surface area contributed by atoms with Crippen LogP contribution < -0.4 is 11.1 Å². The molecule has 0 aromatic rings. The Bertz CT molecular complexity index is 386. The Morgan fingerprint density at radius 2 is 1.80 bits per heavy atom. The first-order valence-electron chi connectivity index (χ1n) is 6.18. The Labute approximate surface area is 122 Å². The van der Waals surface area contributed by atoms with E-state index >= 15 is 0 Å². The van der Waals surface area contributed by atoms with Crippen molar-refractivity contribution in [1.82, 2.24) is 5.32 Å². The van der Waals surface area contributed by atoms with E-state index in [0.29, 0.717) is 0 Å². The molecule has 114 valence electrons. The summed E-state index contributed by atoms with van der Waals surface area (Å²) < 4.78 is 0. The van der Waals surface area contributed by atoms with Gasteiger partial charge in [0, 0.05) is 25.0 Å². The molecule has 0 fully saturated rings. The molecular weight excluding hydrogens is 284 g/mol. The number of Topliss-reactive ketones (excluding diaryl/α,β-unsaturated/α-hetero) is 2. The number of aliphatic carboxylic acids is 1. The van der Waals surface area contributed by atoms with Crippen molar-refractivity contribution in [3.05, 3.63) is 0 Å². The molecular formula is C12H20N2O5S. The number of carbonyl (C=O) groups is 4. The van der Waals surface area contributed by atoms with Gasteiger partial charge in [-0.2, -0.15) is 12.6 Å². The molecule has 0 aliphatic heterocycles. The molecule has 2 unspecified atom stereocenters. The van der Waals surface area contributed by atoms with E-state index < -0.39 is 24.0 Å². The molecule has 7 nitrogen and oxygen atoms in total. The van der Waals surface area contributed by atoms with Crippen LogP contribution in [0.5, 0.6) is 0 Å². The summed E-state index contributed by atoms with van der Waals surface area (Å²) in [5, 5.41) is 11.0. The fourth-order valence-electron chi connectivity index (χ4n) is 1.38. The summed E-state index contributed by atoms with van der Waals surface area (Å²) in [7, 11) is 0. The molecule has 0 rings (SSSR count). The maximum Gasteiger partial charge on any atom is 0.320 e. The van der Waals surface area contributed by atoms with Crippen LogP contribution in [0.4, 0.5) is 0 Å². The van der Waals surface area contributed by atoms with Crippen LogP contribution in [0.2, 0.25) is 0 Å². The molecule has 0 aromatic carbocycles. The zero-order valence-corrected chi connectivity index (χ0v) is 12.2. The van der Waals surface area contributed by atoms with Gasteiger partial charge in [-0.25, -0.2) is 0 Å². The molecule has 0 heterocycles. The second-order valence-electron chi connectivity index (χ2n) is 4.45. The second kappa shape index (κ2) is 9.49. The summed E-state index contributed by atoms with van der Waals surface area (Å²) in [6.07, 6.45) is 0.0815. The van der Waals surface area contributed by atoms with E-state index in [9.17, 15) is 19.2 Å². The van der Waals surface area contributed by atoms with Crippen molar-refractivity contribution in [2.24, 2.45) is 5.73 Å². The Morgan fingerprint density at radius 3 is 2.25 bits per heavy atom. The summed E-state index contributed by atoms with van der Waals surface area (Å²) in [6, 6.07) is -1.88. The van der Waals surface area contributed by atoms with E-state index in [4.69, 9.17) is 10.8 Å². The SMILES string of the molecule is CC(=O)CCC(=O)C(CS)NC(=O)CCC(N)C(=O)O. The van der Waals surface area contributed by atoms with Gasteiger partial charge in [0.25, 0.3) is 0 Å². The molecule has 20 heavy (non-hydrogen) atoms. The third-order valence-electron chi connectivity index (χ3n) is 2.63. The molecule has 0 radical (unpaired) electrons. The highest BCUT2D eigenvalue weighted by molar-refractivity contribution is 7.80. The van der Waals surface area contributed by atoms with Gasteiger partial charge in [0.1, 0.15) is 11.8 Å². The van der Waals surface area contributed by atoms with Gasteiger partial charge in [-0.1, -0.05) is 0 Å². The van der Waals surface area contributed by atoms with Crippen LogP contribution in [0, 0.1) is 0 Å². The molecule has 0 aromatic heterocycles. The number of carboxylic acids is 1. The van der Waals surface area contributed by atoms with E-state index in [-0.39, 0.29) is 43.0 Å². The molecule has 0 spiro atoms. The lowest BCUT2D eigenvalue weighted by molar-refractivity contribution is -0.138. The first-order chi connectivity index (χ1) is 9.27. The highest BCUT2D eigenvalue weighted by Crippen LogP contribution is 2.02. The van der Waals surface area contributed by atoms with Gasteiger partial charge < -0.3 is 21.0 Å². The van der Waals surface area contributed by atoms with Crippen molar-refractivity contribution >= 4 is 36.1 Å². The number of ketones is 2. The number of amides is 1. The monoisotopic (exact) mass is 304 g/mol. The molecule has 4 N–H and O–H groups in total. The van der Waals surface area contributed by atoms with E-state index in [2.05, 4.69) is 17.9 Å². The third kappa shape index (κ3) is 7.90. The number of rotatable bonds is 10. The number of thiol groups is 1. The van der Waals surface area contributed by atoms with Crippen molar-refractivity contribution < 1.29 is 24.3 Å². The van der Waals surface area contributed by atoms with Crippen molar-refractivity contribution in [3.8, 4) is 0 Å². The lowest BCUT2D eigenvalue weighted by Crippen LogP contribution is -2.43. The average Bonchev–Trinajstić information content (AvgIpc) is 2.38. The smallest absolute Gasteiger partial charge is 0.320 e. The Balaban J connectivity index is 4.21. The molecule has 2 atom stereocenters. The summed E-state index contributed by atoms with van der Waals surface area (Å²) in [5.74, 6) is -1.90. The van der Waals surface area contributed by atoms with Gasteiger partial charge >= 0.3 is 5.97 Å². The first-order valence-corrected chi connectivity index (χ1v) is 6.82. The largest absolute Gasteiger partial charge is 0.480 e. The minimum absolute atomic E-state index is 0.0118. The van der Waals surface area contributed by atoms with Crippen LogP contribution in [-0.4, -0.2) is 46.4 Å². The summed E-state index contributed by atoms with van der Waals surface area (Å²) in [6.45, 7) is 1.38. The lowest BCUT2D eigenvalue weighted by Gasteiger charge is -2.15. The molecule has 8 heteroatoms. The molecule has 0 aliphatic carbocycles. The normalized spacial score (nSPS) is 13.3. The van der Waals surface area contributed by atoms with Crippen LogP contribution >= 0.6 is 12.6 Å². The highest BCUT2D eigenvalue weighted by atomic mass is 32.1. The van der Waals surface area contributed by atoms with E-state index in [1.165, 1.54) is 6.92 Å². The van der Waals surface area contributed by atoms with E-state index in [1.807, 2.05) is 0 Å². The first kappa shape index (κ1) is 18.6. The second-order valence-corrected chi connectivity index (χ2v) is 4.82. The van der Waals surface area contributed by atoms with Gasteiger partial charge in [0.2, 0.25) is 5.91 Å². The minimum atomic E-state index is -1.18. The van der Waals surface area contributed by atoms with Crippen LogP contribution in [0.25, 0.3) is 0 Å². The fourth-order valence-corrected chi connectivity index (χ4v) is 1.67. The summed E-state index contributed by atoms with van der Waals surface area (Å²) in [4.78, 5) is 44.6. The molecule has 1 amide bonds. The summed E-state index contributed by atoms with van der Waals surface area (Å²) in [5.41, 5.74) is 5.27. The van der Waals surface area contributed by atoms with Crippen LogP contribution in [0.3, 0.4) is 0 Å². The number of hydrogen-bond acceptors (Lipinski definition) is 6. The maximum absolute atomic E-state index is 11.7. The number of carboxylic acid groups (broad SMARTS) is 1. The maximum atomic E-state index is 11.7. The van der Waals surface area contributed by atoms with Crippen LogP contribution in [0.15, 0.2) is 0 Å². The van der Waals surface area contributed by atoms with Crippen LogP contribution in [-0.2, 0) is 19.2 Å². The minimum Gasteiger partial charge on any atom is -0.480 e. The average molecular weight is 304 g/mol. The standard InChI is InChI=1S/C12H20N2O5S/c1-7(15)2-4-10(16)9(6-20)14-11(17)5-3-8(13)12(18)19/h8-9,20H,2-6,13H2,1H3,(H,14,17)(H,18,19). The van der Waals surface area contributed by atoms with Crippen molar-refractivity contribution in [2.75, 3.05) is 5.75 Å². The Hall–Kier alpha value is -1.41. The predicted octanol–water partition coefficient (Wildman–Crippen LogP) is -0.469. The number of nitrogens with two attached hydrogens (primary N) is 1. The van der Waals surface area contributed by atoms with Gasteiger partial charge in [0.15, 0.2) is 5.78 Å². The third-order valence-corrected chi connectivity index (χ3v) is 2.99. The molecule has 0 saturated carbocycles. The zero-order valence-electron chi connectivity index (χ0n) is 11.3.